The maximum Gasteiger partial charge on any atom is 0.363 e. The molecule has 0 N–H and O–H groups in total. The number of carbonyl (C=O) groups is 1. The van der Waals surface area contributed by atoms with Crippen molar-refractivity contribution in [2.75, 3.05) is 11.4 Å². The van der Waals surface area contributed by atoms with E-state index in [-0.39, 0.29) is 17.6 Å². The molecule has 1 fully saturated rings. The Morgan fingerprint density at radius 1 is 1.50 bits per heavy atom. The average Bonchev–Trinajstić information content (AvgIpc) is 2.39. The smallest absolute Gasteiger partial charge is 0.358 e. The van der Waals surface area contributed by atoms with Crippen molar-refractivity contribution >= 4 is 17.3 Å². The van der Waals surface area contributed by atoms with Crippen LogP contribution in [0.1, 0.15) is 26.2 Å². The number of Topliss-reactive ketones (excluding diaryl/α,β-unsaturated/α-hetero) is 1. The minimum absolute atomic E-state index is 0.123. The molecular weight excluding hydrogens is 234 g/mol. The topological polar surface area (TPSA) is 76.3 Å². The number of ketones is 1. The molecule has 0 radical (unpaired) electrons. The summed E-state index contributed by atoms with van der Waals surface area (Å²) in [5.41, 5.74) is 0.778. The van der Waals surface area contributed by atoms with E-state index in [0.717, 1.165) is 31.5 Å². The summed E-state index contributed by atoms with van der Waals surface area (Å²) in [5, 5.41) is 10.5. The zero-order valence-corrected chi connectivity index (χ0v) is 10.2. The Kier molecular flexibility index (Phi) is 3.55. The van der Waals surface area contributed by atoms with Gasteiger partial charge in [0.05, 0.1) is 11.7 Å². The molecule has 18 heavy (non-hydrogen) atoms. The molecule has 1 aromatic rings. The second kappa shape index (κ2) is 5.12. The number of nitro groups is 1. The molecule has 0 saturated carbocycles. The largest absolute Gasteiger partial charge is 0.363 e. The molecule has 0 aliphatic carbocycles. The lowest BCUT2D eigenvalue weighted by Gasteiger charge is -2.35. The number of pyridine rings is 1. The zero-order valence-electron chi connectivity index (χ0n) is 10.2. The Hall–Kier alpha value is -1.98. The van der Waals surface area contributed by atoms with Crippen LogP contribution in [0.2, 0.25) is 0 Å². The molecule has 1 saturated heterocycles. The van der Waals surface area contributed by atoms with Crippen LogP contribution in [-0.4, -0.2) is 28.3 Å². The highest BCUT2D eigenvalue weighted by Crippen LogP contribution is 2.25. The highest BCUT2D eigenvalue weighted by Gasteiger charge is 2.27. The van der Waals surface area contributed by atoms with Gasteiger partial charge < -0.3 is 15.0 Å². The van der Waals surface area contributed by atoms with Crippen molar-refractivity contribution in [1.29, 1.82) is 0 Å². The van der Waals surface area contributed by atoms with Crippen LogP contribution >= 0.6 is 0 Å². The summed E-state index contributed by atoms with van der Waals surface area (Å²) in [6.07, 6.45) is 4.38. The van der Waals surface area contributed by atoms with Gasteiger partial charge in [-0.15, -0.1) is 0 Å². The van der Waals surface area contributed by atoms with Crippen molar-refractivity contribution in [3.63, 3.8) is 0 Å². The number of aromatic nitrogens is 1. The fourth-order valence-electron chi connectivity index (χ4n) is 2.32. The van der Waals surface area contributed by atoms with Crippen LogP contribution in [0.15, 0.2) is 18.3 Å². The predicted molar refractivity (Wildman–Crippen MR) is 66.6 cm³/mol. The van der Waals surface area contributed by atoms with Crippen LogP contribution in [0.4, 0.5) is 11.5 Å². The monoisotopic (exact) mass is 249 g/mol. The second-order valence-corrected chi connectivity index (χ2v) is 4.45. The van der Waals surface area contributed by atoms with Crippen LogP contribution in [0.3, 0.4) is 0 Å². The van der Waals surface area contributed by atoms with Crippen LogP contribution in [0.25, 0.3) is 0 Å². The quantitative estimate of drug-likeness (QED) is 0.604. The summed E-state index contributed by atoms with van der Waals surface area (Å²) < 4.78 is 0. The van der Waals surface area contributed by atoms with Gasteiger partial charge in [-0.05, 0) is 42.2 Å². The molecule has 2 rings (SSSR count). The minimum Gasteiger partial charge on any atom is -0.358 e. The summed E-state index contributed by atoms with van der Waals surface area (Å²) in [5.74, 6) is -0.0387. The summed E-state index contributed by atoms with van der Waals surface area (Å²) in [7, 11) is 0. The molecule has 96 valence electrons. The maximum atomic E-state index is 11.6. The summed E-state index contributed by atoms with van der Waals surface area (Å²) in [6, 6.07) is 2.91. The third-order valence-electron chi connectivity index (χ3n) is 3.22. The van der Waals surface area contributed by atoms with Crippen molar-refractivity contribution in [3.05, 3.63) is 28.4 Å². The highest BCUT2D eigenvalue weighted by atomic mass is 16.6. The SMILES string of the molecule is CC(=O)C1CCCCN1c1ccc([N+](=O)[O-])nc1. The lowest BCUT2D eigenvalue weighted by atomic mass is 9.98. The van der Waals surface area contributed by atoms with E-state index < -0.39 is 4.92 Å². The van der Waals surface area contributed by atoms with Crippen LogP contribution in [-0.2, 0) is 4.79 Å². The Bertz CT molecular complexity index is 458. The van der Waals surface area contributed by atoms with Gasteiger partial charge in [-0.3, -0.25) is 4.79 Å². The number of hydrogen-bond acceptors (Lipinski definition) is 5. The van der Waals surface area contributed by atoms with Crippen molar-refractivity contribution in [3.8, 4) is 0 Å². The molecule has 6 nitrogen and oxygen atoms in total. The first-order valence-corrected chi connectivity index (χ1v) is 5.97. The van der Waals surface area contributed by atoms with Gasteiger partial charge in [-0.25, -0.2) is 0 Å². The molecule has 0 aromatic carbocycles. The number of carbonyl (C=O) groups excluding carboxylic acids is 1. The number of hydrogen-bond donors (Lipinski definition) is 0. The summed E-state index contributed by atoms with van der Waals surface area (Å²) >= 11 is 0. The predicted octanol–water partition coefficient (Wildman–Crippen LogP) is 1.94. The van der Waals surface area contributed by atoms with E-state index in [4.69, 9.17) is 0 Å². The van der Waals surface area contributed by atoms with Gasteiger partial charge in [0.25, 0.3) is 0 Å². The molecule has 1 aliphatic rings. The van der Waals surface area contributed by atoms with Gasteiger partial charge in [0.15, 0.2) is 12.0 Å². The average molecular weight is 249 g/mol. The van der Waals surface area contributed by atoms with Crippen molar-refractivity contribution < 1.29 is 9.72 Å². The molecule has 1 aliphatic heterocycles. The van der Waals surface area contributed by atoms with Crippen LogP contribution < -0.4 is 4.90 Å². The lowest BCUT2D eigenvalue weighted by molar-refractivity contribution is -0.389. The van der Waals surface area contributed by atoms with Gasteiger partial charge >= 0.3 is 5.82 Å². The molecule has 0 amide bonds. The molecule has 0 bridgehead atoms. The molecule has 6 heteroatoms. The van der Waals surface area contributed by atoms with E-state index >= 15 is 0 Å². The van der Waals surface area contributed by atoms with Crippen molar-refractivity contribution in [2.24, 2.45) is 0 Å². The molecule has 1 aromatic heterocycles. The van der Waals surface area contributed by atoms with Crippen molar-refractivity contribution in [1.82, 2.24) is 4.98 Å². The summed E-state index contributed by atoms with van der Waals surface area (Å²) in [4.78, 5) is 27.4. The number of rotatable bonds is 3. The number of anilines is 1. The molecule has 1 unspecified atom stereocenters. The standard InChI is InChI=1S/C12H15N3O3/c1-9(16)11-4-2-3-7-14(11)10-5-6-12(13-8-10)15(17)18/h5-6,8,11H,2-4,7H2,1H3. The van der Waals surface area contributed by atoms with Gasteiger partial charge in [0.2, 0.25) is 0 Å². The van der Waals surface area contributed by atoms with Gasteiger partial charge in [0, 0.05) is 12.6 Å². The summed E-state index contributed by atoms with van der Waals surface area (Å²) in [6.45, 7) is 2.38. The number of nitrogens with zero attached hydrogens (tertiary/aromatic N) is 3. The van der Waals surface area contributed by atoms with Gasteiger partial charge in [0.1, 0.15) is 0 Å². The van der Waals surface area contributed by atoms with E-state index in [9.17, 15) is 14.9 Å². The third-order valence-corrected chi connectivity index (χ3v) is 3.22. The zero-order chi connectivity index (χ0) is 13.1. The van der Waals surface area contributed by atoms with E-state index in [0.29, 0.717) is 0 Å². The Balaban J connectivity index is 2.23. The Morgan fingerprint density at radius 2 is 2.28 bits per heavy atom. The lowest BCUT2D eigenvalue weighted by Crippen LogP contribution is -2.43. The minimum atomic E-state index is -0.525. The number of piperidine rings is 1. The molecular formula is C12H15N3O3. The fourth-order valence-corrected chi connectivity index (χ4v) is 2.32. The van der Waals surface area contributed by atoms with E-state index in [1.807, 2.05) is 4.90 Å². The normalized spacial score (nSPS) is 19.6. The van der Waals surface area contributed by atoms with E-state index in [1.54, 1.807) is 13.0 Å². The third kappa shape index (κ3) is 2.47. The van der Waals surface area contributed by atoms with E-state index in [1.165, 1.54) is 12.3 Å². The first-order chi connectivity index (χ1) is 8.59. The van der Waals surface area contributed by atoms with Crippen molar-refractivity contribution in [2.45, 2.75) is 32.2 Å². The first-order valence-electron chi connectivity index (χ1n) is 5.97. The van der Waals surface area contributed by atoms with Crippen LogP contribution in [0.5, 0.6) is 0 Å². The van der Waals surface area contributed by atoms with Gasteiger partial charge in [-0.2, -0.15) is 0 Å². The molecule has 1 atom stereocenters. The molecule has 2 heterocycles. The Morgan fingerprint density at radius 3 is 2.83 bits per heavy atom. The van der Waals surface area contributed by atoms with Gasteiger partial charge in [-0.1, -0.05) is 0 Å². The first kappa shape index (κ1) is 12.5. The Labute approximate surface area is 105 Å². The van der Waals surface area contributed by atoms with E-state index in [2.05, 4.69) is 4.98 Å². The highest BCUT2D eigenvalue weighted by molar-refractivity contribution is 5.85. The molecule has 0 spiro atoms. The second-order valence-electron chi connectivity index (χ2n) is 4.45. The maximum absolute atomic E-state index is 11.6. The fraction of sp³-hybridized carbons (Fsp3) is 0.500. The van der Waals surface area contributed by atoms with Crippen LogP contribution in [0, 0.1) is 10.1 Å².